The van der Waals surface area contributed by atoms with Crippen LogP contribution in [0.15, 0.2) is 199 Å². The van der Waals surface area contributed by atoms with E-state index in [9.17, 15) is 55.6 Å². The lowest BCUT2D eigenvalue weighted by atomic mass is 9.77. The normalized spacial score (nSPS) is 14.7. The van der Waals surface area contributed by atoms with Crippen LogP contribution in [0.4, 0.5) is 11.4 Å². The third kappa shape index (κ3) is 18.9. The number of allylic oxidation sites excluding steroid dienone is 7. The van der Waals surface area contributed by atoms with Crippen LogP contribution in [0.3, 0.4) is 0 Å². The summed E-state index contributed by atoms with van der Waals surface area (Å²) >= 11 is 0. The monoisotopic (exact) mass is 1370 g/mol. The number of para-hydroxylation sites is 2. The van der Waals surface area contributed by atoms with E-state index in [0.29, 0.717) is 105 Å². The minimum Gasteiger partial charge on any atom is -0.748 e. The molecule has 2 aliphatic heterocycles. The Morgan fingerprint density at radius 3 is 1.83 bits per heavy atom. The summed E-state index contributed by atoms with van der Waals surface area (Å²) in [6.07, 6.45) is 10.3. The first kappa shape index (κ1) is 74.9. The molecule has 0 saturated heterocycles. The van der Waals surface area contributed by atoms with Crippen molar-refractivity contribution in [1.29, 1.82) is 0 Å². The van der Waals surface area contributed by atoms with Crippen LogP contribution in [0.5, 0.6) is 0 Å². The van der Waals surface area contributed by atoms with Gasteiger partial charge in [0, 0.05) is 116 Å². The first-order chi connectivity index (χ1) is 47.0. The second-order valence-corrected chi connectivity index (χ2v) is 30.0. The highest BCUT2D eigenvalue weighted by atomic mass is 32.2. The van der Waals surface area contributed by atoms with Gasteiger partial charge in [0.25, 0.3) is 10.1 Å². The average molecular weight is 1370 g/mol. The fourth-order valence-electron chi connectivity index (χ4n) is 13.7. The molecule has 0 spiro atoms. The zero-order chi connectivity index (χ0) is 71.4. The molecule has 2 heterocycles. The van der Waals surface area contributed by atoms with Crippen molar-refractivity contribution in [3.63, 3.8) is 0 Å². The van der Waals surface area contributed by atoms with Crippen LogP contribution < -0.4 is 21.1 Å². The summed E-state index contributed by atoms with van der Waals surface area (Å²) in [4.78, 5) is 32.2. The maximum absolute atomic E-state index is 12.9. The number of amides is 1. The van der Waals surface area contributed by atoms with E-state index in [1.165, 1.54) is 0 Å². The maximum Gasteiger partial charge on any atom is 0.488 e. The quantitative estimate of drug-likeness (QED) is 0.00336. The van der Waals surface area contributed by atoms with Crippen molar-refractivity contribution in [3.8, 4) is 11.8 Å². The number of rotatable bonds is 32. The van der Waals surface area contributed by atoms with E-state index in [-0.39, 0.29) is 37.6 Å². The Hall–Kier alpha value is -8.36. The molecule has 17 nitrogen and oxygen atoms in total. The van der Waals surface area contributed by atoms with Crippen LogP contribution in [0.1, 0.15) is 119 Å². The maximum atomic E-state index is 12.9. The summed E-state index contributed by atoms with van der Waals surface area (Å²) in [5, 5.41) is 49.3. The summed E-state index contributed by atoms with van der Waals surface area (Å²) < 4.78 is 72.0. The van der Waals surface area contributed by atoms with Crippen LogP contribution in [0.25, 0.3) is 21.5 Å². The van der Waals surface area contributed by atoms with E-state index < -0.39 is 56.8 Å². The molecule has 99 heavy (non-hydrogen) atoms. The van der Waals surface area contributed by atoms with Gasteiger partial charge in [-0.2, -0.15) is 13.0 Å². The molecule has 21 heteroatoms. The summed E-state index contributed by atoms with van der Waals surface area (Å²) in [6, 6.07) is 44.7. The first-order valence-corrected chi connectivity index (χ1v) is 36.7. The number of unbranched alkanes of at least 4 members (excludes halogenated alkanes) is 1. The van der Waals surface area contributed by atoms with Crippen LogP contribution in [0, 0.1) is 11.8 Å². The van der Waals surface area contributed by atoms with Crippen molar-refractivity contribution in [2.24, 2.45) is 0 Å². The van der Waals surface area contributed by atoms with Gasteiger partial charge < -0.3 is 34.9 Å². The third-order valence-electron chi connectivity index (χ3n) is 18.7. The fourth-order valence-corrected chi connectivity index (χ4v) is 14.6. The number of carbonyl (C=O) groups is 2. The molecule has 7 aromatic rings. The lowest BCUT2D eigenvalue weighted by molar-refractivity contribution is -0.437. The third-order valence-corrected chi connectivity index (χ3v) is 20.3. The number of benzene rings is 7. The van der Waals surface area contributed by atoms with Gasteiger partial charge in [0.1, 0.15) is 6.54 Å². The smallest absolute Gasteiger partial charge is 0.488 e. The molecule has 1 amide bonds. The van der Waals surface area contributed by atoms with E-state index in [2.05, 4.69) is 108 Å². The number of hydrogen-bond donors (Lipinski definition) is 6. The average Bonchev–Trinajstić information content (AvgIpc) is 1.72. The largest absolute Gasteiger partial charge is 0.748 e. The van der Waals surface area contributed by atoms with Crippen molar-refractivity contribution in [1.82, 2.24) is 15.1 Å². The van der Waals surface area contributed by atoms with Gasteiger partial charge in [-0.05, 0) is 162 Å². The Labute approximate surface area is 584 Å². The number of carbonyl (C=O) groups excluding carboxylic acids is 2. The number of nitrogens with one attached hydrogen (secondary N) is 1. The Kier molecular flexibility index (Phi) is 24.8. The van der Waals surface area contributed by atoms with Crippen LogP contribution >= 0.6 is 0 Å². The van der Waals surface area contributed by atoms with E-state index in [0.717, 1.165) is 77.7 Å². The highest BCUT2D eigenvalue weighted by Gasteiger charge is 2.44. The van der Waals surface area contributed by atoms with Crippen molar-refractivity contribution >= 4 is 95.7 Å². The molecule has 0 bridgehead atoms. The van der Waals surface area contributed by atoms with Crippen LogP contribution in [-0.4, -0.2) is 136 Å². The van der Waals surface area contributed by atoms with Gasteiger partial charge in [-0.3, -0.25) is 23.9 Å². The summed E-state index contributed by atoms with van der Waals surface area (Å²) in [5.41, 5.74) is 10.7. The molecular weight excluding hydrogens is 1280 g/mol. The minimum absolute atomic E-state index is 0.00702. The number of hydrogen-bond acceptors (Lipinski definition) is 14. The van der Waals surface area contributed by atoms with Gasteiger partial charge in [-0.25, -0.2) is 8.42 Å². The van der Waals surface area contributed by atoms with Crippen molar-refractivity contribution in [3.05, 3.63) is 238 Å². The van der Waals surface area contributed by atoms with Gasteiger partial charge in [-0.1, -0.05) is 154 Å². The number of ketones is 1. The molecule has 0 radical (unpaired) electrons. The summed E-state index contributed by atoms with van der Waals surface area (Å²) in [5.74, 6) is 5.90. The molecule has 2 aliphatic rings. The number of Topliss-reactive ketones (excluding diaryl/α,β-unsaturated/α-hetero) is 1. The second kappa shape index (κ2) is 32.8. The van der Waals surface area contributed by atoms with Crippen molar-refractivity contribution < 1.29 is 60.2 Å². The van der Waals surface area contributed by atoms with Crippen LogP contribution in [-0.2, 0) is 66.8 Å². The molecule has 6 N–H and O–H groups in total. The standard InChI is InChI=1S/C78H89B2N5O12S2/c1-55(2)73(86)34-19-20-44-82(51-59-24-9-15-30-69(59)79(88)89)54-66-62-27-12-11-26-61(62)65(53-83(45-21-43-81-76(87)56(3)4)52-60-25-10-16-31-70(60)80(90)91)63-40-37-58(50-64(63)66)36-35-57(38-41-74-77(5,6)67-28-13-17-32-71(67)84(74)46-22-48-98(92,93)94)39-42-75-78(7,8)68-29-14-18-33-72(68)85(75)47-23-49-99(95,96)97/h9-18,24-33,37-42,50,88-91H,1,3,19-23,34,43-49,51-54H2,2,4-8H3,(H2-,81,87,92,93,94,95,96,97). The SMILES string of the molecule is C=C(C)C(=O)CCCCN(Cc1ccccc1B(O)O)Cc1c2ccccc2c(CN(CCCNC(=O)C(=C)C)Cc2ccccc2B(O)O)c2ccc(C#CC(=C\C=C3/N(CCCS(=O)(=O)O)c4ccccc4C3(C)C)/C=C/C3=[N+](CCCS(=O)(=O)[O-])c4ccccc4C3(C)C)cc12. The molecule has 0 aromatic heterocycles. The van der Waals surface area contributed by atoms with Crippen LogP contribution in [0.2, 0.25) is 0 Å². The van der Waals surface area contributed by atoms with E-state index in [4.69, 9.17) is 0 Å². The molecule has 9 rings (SSSR count). The van der Waals surface area contributed by atoms with E-state index in [1.54, 1.807) is 38.1 Å². The number of anilines is 1. The Morgan fingerprint density at radius 1 is 0.657 bits per heavy atom. The summed E-state index contributed by atoms with van der Waals surface area (Å²) in [7, 11) is -12.2. The second-order valence-electron chi connectivity index (χ2n) is 26.9. The predicted molar refractivity (Wildman–Crippen MR) is 397 cm³/mol. The topological polar surface area (TPSA) is 251 Å². The zero-order valence-electron chi connectivity index (χ0n) is 57.4. The minimum atomic E-state index is -4.50. The molecule has 0 atom stereocenters. The fraction of sp³-hybridized carbons (Fsp3) is 0.321. The van der Waals surface area contributed by atoms with Gasteiger partial charge in [-0.15, -0.1) is 0 Å². The number of fused-ring (bicyclic) bond motifs is 4. The molecule has 516 valence electrons. The van der Waals surface area contributed by atoms with Gasteiger partial charge in [0.2, 0.25) is 11.6 Å². The lowest BCUT2D eigenvalue weighted by Gasteiger charge is -2.28. The number of nitrogens with zero attached hydrogens (tertiary/aromatic N) is 4. The molecule has 0 unspecified atom stereocenters. The van der Waals surface area contributed by atoms with Crippen molar-refractivity contribution in [2.75, 3.05) is 49.1 Å². The molecule has 0 fully saturated rings. The highest BCUT2D eigenvalue weighted by Crippen LogP contribution is 2.48. The van der Waals surface area contributed by atoms with Gasteiger partial charge >= 0.3 is 14.2 Å². The first-order valence-electron chi connectivity index (χ1n) is 33.6. The highest BCUT2D eigenvalue weighted by molar-refractivity contribution is 7.85. The Balaban J connectivity index is 1.25. The van der Waals surface area contributed by atoms with Gasteiger partial charge in [0.15, 0.2) is 11.5 Å². The molecular formula is C78H89B2N5O12S2. The summed E-state index contributed by atoms with van der Waals surface area (Å²) in [6.45, 7) is 22.8. The van der Waals surface area contributed by atoms with E-state index in [1.807, 2.05) is 109 Å². The lowest BCUT2D eigenvalue weighted by Crippen LogP contribution is -2.36. The predicted octanol–water partition coefficient (Wildman–Crippen LogP) is 9.56. The Morgan fingerprint density at radius 2 is 1.22 bits per heavy atom. The van der Waals surface area contributed by atoms with Gasteiger partial charge in [0.05, 0.1) is 21.3 Å². The molecule has 7 aromatic carbocycles. The van der Waals surface area contributed by atoms with Crippen molar-refractivity contribution in [2.45, 2.75) is 117 Å². The molecule has 0 saturated carbocycles. The Bertz CT molecular complexity index is 4640. The molecule has 0 aliphatic carbocycles. The zero-order valence-corrected chi connectivity index (χ0v) is 59.0. The van der Waals surface area contributed by atoms with E-state index >= 15 is 0 Å².